The highest BCUT2D eigenvalue weighted by Crippen LogP contribution is 2.29. The first-order chi connectivity index (χ1) is 7.99. The zero-order valence-electron chi connectivity index (χ0n) is 9.58. The lowest BCUT2D eigenvalue weighted by Crippen LogP contribution is -1.97. The molecule has 2 aromatic rings. The predicted octanol–water partition coefficient (Wildman–Crippen LogP) is 3.12. The Bertz CT molecular complexity index is 589. The van der Waals surface area contributed by atoms with Crippen molar-refractivity contribution in [3.05, 3.63) is 28.1 Å². The van der Waals surface area contributed by atoms with Gasteiger partial charge in [0.05, 0.1) is 6.42 Å². The number of benzene rings is 1. The third-order valence-electron chi connectivity index (χ3n) is 2.63. The fraction of sp³-hybridized carbons (Fsp3) is 0.333. The molecule has 0 aliphatic carbocycles. The molecule has 1 aromatic carbocycles. The molecule has 0 bridgehead atoms. The van der Waals surface area contributed by atoms with Crippen LogP contribution in [0.3, 0.4) is 0 Å². The Hall–Kier alpha value is -1.55. The van der Waals surface area contributed by atoms with Gasteiger partial charge in [-0.2, -0.15) is 0 Å². The van der Waals surface area contributed by atoms with Gasteiger partial charge >= 0.3 is 5.97 Å². The summed E-state index contributed by atoms with van der Waals surface area (Å²) < 4.78 is 5.50. The van der Waals surface area contributed by atoms with E-state index >= 15 is 0 Å². The average Bonchev–Trinajstić information content (AvgIpc) is 2.66. The van der Waals surface area contributed by atoms with Crippen LogP contribution in [0.4, 0.5) is 0 Å². The minimum absolute atomic E-state index is 0.0125. The van der Waals surface area contributed by atoms with Gasteiger partial charge in [0.25, 0.3) is 0 Å². The van der Waals surface area contributed by atoms with Crippen LogP contribution in [-0.2, 0) is 11.2 Å². The Kier molecular flexibility index (Phi) is 3.07. The van der Waals surface area contributed by atoms with Crippen molar-refractivity contribution in [2.45, 2.75) is 26.7 Å². The number of carboxylic acids is 1. The number of aryl methyl sites for hydroxylation is 3. The number of hydrogen-bond donors (Lipinski definition) is 1. The minimum Gasteiger partial charge on any atom is -0.481 e. The molecule has 0 unspecified atom stereocenters. The van der Waals surface area contributed by atoms with Crippen molar-refractivity contribution in [2.75, 3.05) is 0 Å². The van der Waals surface area contributed by atoms with Crippen molar-refractivity contribution in [1.82, 2.24) is 4.98 Å². The molecule has 0 spiro atoms. The highest BCUT2D eigenvalue weighted by Gasteiger charge is 2.13. The van der Waals surface area contributed by atoms with Crippen LogP contribution in [0.5, 0.6) is 0 Å². The van der Waals surface area contributed by atoms with Gasteiger partial charge in [-0.3, -0.25) is 4.79 Å². The fourth-order valence-electron chi connectivity index (χ4n) is 1.72. The van der Waals surface area contributed by atoms with Gasteiger partial charge in [0, 0.05) is 11.4 Å². The van der Waals surface area contributed by atoms with Crippen LogP contribution in [-0.4, -0.2) is 16.1 Å². The van der Waals surface area contributed by atoms with Crippen molar-refractivity contribution in [1.29, 1.82) is 0 Å². The highest BCUT2D eigenvalue weighted by atomic mass is 35.5. The van der Waals surface area contributed by atoms with E-state index in [1.807, 2.05) is 19.9 Å². The molecule has 90 valence electrons. The molecule has 5 heteroatoms. The zero-order chi connectivity index (χ0) is 12.6. The molecule has 4 nitrogen and oxygen atoms in total. The maximum absolute atomic E-state index is 10.5. The van der Waals surface area contributed by atoms with E-state index < -0.39 is 5.97 Å². The smallest absolute Gasteiger partial charge is 0.303 e. The summed E-state index contributed by atoms with van der Waals surface area (Å²) in [4.78, 5) is 14.7. The molecule has 0 aliphatic rings. The van der Waals surface area contributed by atoms with Crippen molar-refractivity contribution in [3.8, 4) is 0 Å². The van der Waals surface area contributed by atoms with Crippen molar-refractivity contribution >= 4 is 28.7 Å². The number of carbonyl (C=O) groups is 1. The Morgan fingerprint density at radius 1 is 1.53 bits per heavy atom. The second-order valence-corrected chi connectivity index (χ2v) is 4.36. The predicted molar refractivity (Wildman–Crippen MR) is 64.4 cm³/mol. The van der Waals surface area contributed by atoms with E-state index in [0.29, 0.717) is 28.4 Å². The van der Waals surface area contributed by atoms with Crippen LogP contribution in [0.1, 0.15) is 23.4 Å². The van der Waals surface area contributed by atoms with Gasteiger partial charge in [-0.05, 0) is 31.0 Å². The maximum Gasteiger partial charge on any atom is 0.303 e. The lowest BCUT2D eigenvalue weighted by atomic mass is 10.1. The van der Waals surface area contributed by atoms with E-state index in [9.17, 15) is 4.79 Å². The summed E-state index contributed by atoms with van der Waals surface area (Å²) in [5, 5.41) is 9.28. The molecule has 0 saturated carbocycles. The van der Waals surface area contributed by atoms with Crippen molar-refractivity contribution in [3.63, 3.8) is 0 Å². The minimum atomic E-state index is -0.863. The number of halogens is 1. The summed E-state index contributed by atoms with van der Waals surface area (Å²) in [6.45, 7) is 3.77. The maximum atomic E-state index is 10.5. The Morgan fingerprint density at radius 2 is 2.24 bits per heavy atom. The monoisotopic (exact) mass is 253 g/mol. The fourth-order valence-corrected chi connectivity index (χ4v) is 1.87. The quantitative estimate of drug-likeness (QED) is 0.913. The number of aromatic nitrogens is 1. The standard InChI is InChI=1S/C12H12ClNO3/c1-6-5-8-12(7(2)11(6)13)14-9(17-8)3-4-10(15)16/h5H,3-4H2,1-2H3,(H,15,16). The molecule has 2 rings (SSSR count). The van der Waals surface area contributed by atoms with E-state index in [2.05, 4.69) is 4.98 Å². The van der Waals surface area contributed by atoms with Gasteiger partial charge in [-0.15, -0.1) is 0 Å². The van der Waals surface area contributed by atoms with E-state index in [1.165, 1.54) is 0 Å². The number of nitrogens with zero attached hydrogens (tertiary/aromatic N) is 1. The normalized spacial score (nSPS) is 11.0. The molecular weight excluding hydrogens is 242 g/mol. The lowest BCUT2D eigenvalue weighted by Gasteiger charge is -2.00. The third-order valence-corrected chi connectivity index (χ3v) is 3.21. The summed E-state index contributed by atoms with van der Waals surface area (Å²) in [6, 6.07) is 1.82. The highest BCUT2D eigenvalue weighted by molar-refractivity contribution is 6.33. The molecule has 0 atom stereocenters. The molecule has 1 aromatic heterocycles. The summed E-state index contributed by atoms with van der Waals surface area (Å²) >= 11 is 6.12. The Balaban J connectivity index is 2.43. The molecule has 0 aliphatic heterocycles. The van der Waals surface area contributed by atoms with E-state index in [1.54, 1.807) is 0 Å². The second kappa shape index (κ2) is 4.37. The number of hydrogen-bond acceptors (Lipinski definition) is 3. The summed E-state index contributed by atoms with van der Waals surface area (Å²) in [5.74, 6) is -0.426. The first-order valence-electron chi connectivity index (χ1n) is 5.26. The molecule has 1 N–H and O–H groups in total. The van der Waals surface area contributed by atoms with Gasteiger partial charge < -0.3 is 9.52 Å². The number of carboxylic acid groups (broad SMARTS) is 1. The number of oxazole rings is 1. The largest absolute Gasteiger partial charge is 0.481 e. The number of aliphatic carboxylic acids is 1. The van der Waals surface area contributed by atoms with Crippen LogP contribution < -0.4 is 0 Å². The number of rotatable bonds is 3. The molecule has 0 saturated heterocycles. The second-order valence-electron chi connectivity index (χ2n) is 3.98. The Morgan fingerprint density at radius 3 is 2.88 bits per heavy atom. The molecule has 0 amide bonds. The first kappa shape index (κ1) is 11.9. The lowest BCUT2D eigenvalue weighted by molar-refractivity contribution is -0.137. The first-order valence-corrected chi connectivity index (χ1v) is 5.63. The summed E-state index contributed by atoms with van der Waals surface area (Å²) in [7, 11) is 0. The summed E-state index contributed by atoms with van der Waals surface area (Å²) in [5.41, 5.74) is 3.16. The average molecular weight is 254 g/mol. The van der Waals surface area contributed by atoms with Gasteiger partial charge in [0.2, 0.25) is 0 Å². The van der Waals surface area contributed by atoms with Crippen LogP contribution in [0.25, 0.3) is 11.1 Å². The molecular formula is C12H12ClNO3. The Labute approximate surface area is 103 Å². The number of fused-ring (bicyclic) bond motifs is 1. The van der Waals surface area contributed by atoms with Crippen LogP contribution >= 0.6 is 11.6 Å². The summed E-state index contributed by atoms with van der Waals surface area (Å²) in [6.07, 6.45) is 0.304. The van der Waals surface area contributed by atoms with Crippen molar-refractivity contribution < 1.29 is 14.3 Å². The van der Waals surface area contributed by atoms with Crippen molar-refractivity contribution in [2.24, 2.45) is 0 Å². The van der Waals surface area contributed by atoms with E-state index in [0.717, 1.165) is 11.1 Å². The van der Waals surface area contributed by atoms with Crippen LogP contribution in [0.15, 0.2) is 10.5 Å². The van der Waals surface area contributed by atoms with Crippen LogP contribution in [0, 0.1) is 13.8 Å². The van der Waals surface area contributed by atoms with Gasteiger partial charge in [0.15, 0.2) is 11.5 Å². The molecule has 1 heterocycles. The van der Waals surface area contributed by atoms with Gasteiger partial charge in [0.1, 0.15) is 5.52 Å². The topological polar surface area (TPSA) is 63.3 Å². The third kappa shape index (κ3) is 2.26. The van der Waals surface area contributed by atoms with Gasteiger partial charge in [-0.1, -0.05) is 11.6 Å². The molecule has 0 radical (unpaired) electrons. The van der Waals surface area contributed by atoms with Gasteiger partial charge in [-0.25, -0.2) is 4.98 Å². The van der Waals surface area contributed by atoms with E-state index in [4.69, 9.17) is 21.1 Å². The van der Waals surface area contributed by atoms with Crippen LogP contribution in [0.2, 0.25) is 5.02 Å². The molecule has 0 fully saturated rings. The zero-order valence-corrected chi connectivity index (χ0v) is 10.3. The molecule has 17 heavy (non-hydrogen) atoms. The SMILES string of the molecule is Cc1cc2oc(CCC(=O)O)nc2c(C)c1Cl. The van der Waals surface area contributed by atoms with E-state index in [-0.39, 0.29) is 6.42 Å².